The van der Waals surface area contributed by atoms with Gasteiger partial charge in [0.2, 0.25) is 0 Å². The number of nitrogens with one attached hydrogen (secondary N) is 2. The number of morpholine rings is 1. The first-order valence-electron chi connectivity index (χ1n) is 9.94. The first-order chi connectivity index (χ1) is 13.0. The molecule has 0 bridgehead atoms. The molecule has 0 spiro atoms. The van der Waals surface area contributed by atoms with E-state index >= 15 is 0 Å². The number of nitrogens with zero attached hydrogens (tertiary/aromatic N) is 2. The van der Waals surface area contributed by atoms with Crippen LogP contribution in [-0.4, -0.2) is 69.9 Å². The molecule has 1 aromatic carbocycles. The van der Waals surface area contributed by atoms with E-state index in [9.17, 15) is 0 Å². The Morgan fingerprint density at radius 1 is 1.30 bits per heavy atom. The van der Waals surface area contributed by atoms with Gasteiger partial charge in [0.25, 0.3) is 0 Å². The normalized spacial score (nSPS) is 17.4. The van der Waals surface area contributed by atoms with E-state index in [1.54, 1.807) is 7.11 Å². The number of hydrogen-bond donors (Lipinski definition) is 2. The summed E-state index contributed by atoms with van der Waals surface area (Å²) in [6.07, 6.45) is 0. The minimum atomic E-state index is -0.0767. The van der Waals surface area contributed by atoms with E-state index in [1.807, 2.05) is 12.1 Å². The SMILES string of the molecule is CCNC(=NCC(C)(C)c1cccc(OC)c1)NCC(C)N1CCOCC1. The molecule has 1 atom stereocenters. The lowest BCUT2D eigenvalue weighted by molar-refractivity contribution is 0.0211. The number of rotatable bonds is 8. The third-order valence-corrected chi connectivity index (χ3v) is 5.06. The second-order valence-electron chi connectivity index (χ2n) is 7.69. The zero-order valence-corrected chi connectivity index (χ0v) is 17.5. The lowest BCUT2D eigenvalue weighted by Gasteiger charge is -2.32. The molecule has 1 aromatic rings. The molecule has 0 aliphatic carbocycles. The number of hydrogen-bond acceptors (Lipinski definition) is 4. The van der Waals surface area contributed by atoms with Crippen LogP contribution in [0.15, 0.2) is 29.3 Å². The number of guanidine groups is 1. The molecule has 1 fully saturated rings. The Morgan fingerprint density at radius 2 is 2.04 bits per heavy atom. The van der Waals surface area contributed by atoms with E-state index in [2.05, 4.69) is 55.4 Å². The molecule has 1 heterocycles. The fourth-order valence-electron chi connectivity index (χ4n) is 3.15. The van der Waals surface area contributed by atoms with Crippen LogP contribution in [0.5, 0.6) is 5.75 Å². The van der Waals surface area contributed by atoms with Crippen molar-refractivity contribution in [3.8, 4) is 5.75 Å². The van der Waals surface area contributed by atoms with Gasteiger partial charge < -0.3 is 20.1 Å². The highest BCUT2D eigenvalue weighted by Crippen LogP contribution is 2.26. The number of ether oxygens (including phenoxy) is 2. The van der Waals surface area contributed by atoms with E-state index < -0.39 is 0 Å². The van der Waals surface area contributed by atoms with Gasteiger partial charge in [-0.05, 0) is 31.5 Å². The molecule has 0 saturated carbocycles. The molecular weight excluding hydrogens is 340 g/mol. The summed E-state index contributed by atoms with van der Waals surface area (Å²) in [5.74, 6) is 1.75. The number of methoxy groups -OCH3 is 1. The minimum Gasteiger partial charge on any atom is -0.497 e. The molecule has 152 valence electrons. The average molecular weight is 377 g/mol. The summed E-state index contributed by atoms with van der Waals surface area (Å²) in [4.78, 5) is 7.30. The van der Waals surface area contributed by atoms with Gasteiger partial charge in [0.15, 0.2) is 5.96 Å². The van der Waals surface area contributed by atoms with Crippen molar-refractivity contribution in [3.63, 3.8) is 0 Å². The van der Waals surface area contributed by atoms with E-state index in [4.69, 9.17) is 14.5 Å². The Labute approximate surface area is 164 Å². The summed E-state index contributed by atoms with van der Waals surface area (Å²) < 4.78 is 10.8. The Hall–Kier alpha value is -1.79. The van der Waals surface area contributed by atoms with E-state index in [1.165, 1.54) is 5.56 Å². The predicted octanol–water partition coefficient (Wildman–Crippen LogP) is 2.25. The zero-order valence-electron chi connectivity index (χ0n) is 17.5. The van der Waals surface area contributed by atoms with Gasteiger partial charge in [0, 0.05) is 37.6 Å². The van der Waals surface area contributed by atoms with Gasteiger partial charge in [-0.1, -0.05) is 26.0 Å². The highest BCUT2D eigenvalue weighted by atomic mass is 16.5. The fraction of sp³-hybridized carbons (Fsp3) is 0.667. The molecule has 0 radical (unpaired) electrons. The molecule has 2 rings (SSSR count). The topological polar surface area (TPSA) is 58.1 Å². The first kappa shape index (κ1) is 21.5. The molecule has 6 heteroatoms. The Morgan fingerprint density at radius 3 is 2.70 bits per heavy atom. The maximum absolute atomic E-state index is 5.44. The van der Waals surface area contributed by atoms with Crippen LogP contribution < -0.4 is 15.4 Å². The molecular formula is C21H36N4O2. The van der Waals surface area contributed by atoms with Crippen molar-refractivity contribution < 1.29 is 9.47 Å². The molecule has 0 amide bonds. The summed E-state index contributed by atoms with van der Waals surface area (Å²) in [6.45, 7) is 14.8. The van der Waals surface area contributed by atoms with E-state index in [-0.39, 0.29) is 5.41 Å². The van der Waals surface area contributed by atoms with Crippen LogP contribution in [0.2, 0.25) is 0 Å². The zero-order chi connectivity index (χ0) is 19.7. The van der Waals surface area contributed by atoms with Gasteiger partial charge >= 0.3 is 0 Å². The largest absolute Gasteiger partial charge is 0.497 e. The maximum atomic E-state index is 5.44. The minimum absolute atomic E-state index is 0.0767. The summed E-state index contributed by atoms with van der Waals surface area (Å²) in [6, 6.07) is 8.69. The van der Waals surface area contributed by atoms with Crippen molar-refractivity contribution in [2.24, 2.45) is 4.99 Å². The van der Waals surface area contributed by atoms with Crippen LogP contribution in [0.3, 0.4) is 0 Å². The second kappa shape index (κ2) is 10.5. The van der Waals surface area contributed by atoms with Crippen molar-refractivity contribution >= 4 is 5.96 Å². The van der Waals surface area contributed by atoms with E-state index in [0.717, 1.165) is 51.1 Å². The van der Waals surface area contributed by atoms with Crippen molar-refractivity contribution in [2.75, 3.05) is 53.0 Å². The first-order valence-corrected chi connectivity index (χ1v) is 9.94. The summed E-state index contributed by atoms with van der Waals surface area (Å²) in [5, 5.41) is 6.85. The fourth-order valence-corrected chi connectivity index (χ4v) is 3.15. The van der Waals surface area contributed by atoms with Crippen molar-refractivity contribution in [1.82, 2.24) is 15.5 Å². The van der Waals surface area contributed by atoms with Crippen LogP contribution in [0.25, 0.3) is 0 Å². The standard InChI is InChI=1S/C21H36N4O2/c1-6-22-20(23-15-17(2)25-10-12-27-13-11-25)24-16-21(3,4)18-8-7-9-19(14-18)26-5/h7-9,14,17H,6,10-13,15-16H2,1-5H3,(H2,22,23,24). The van der Waals surface area contributed by atoms with Crippen molar-refractivity contribution in [1.29, 1.82) is 0 Å². The molecule has 0 aromatic heterocycles. The van der Waals surface area contributed by atoms with Gasteiger partial charge in [0.05, 0.1) is 26.9 Å². The molecule has 1 saturated heterocycles. The molecule has 27 heavy (non-hydrogen) atoms. The highest BCUT2D eigenvalue weighted by molar-refractivity contribution is 5.79. The van der Waals surface area contributed by atoms with Gasteiger partial charge in [0.1, 0.15) is 5.75 Å². The lowest BCUT2D eigenvalue weighted by atomic mass is 9.85. The van der Waals surface area contributed by atoms with Crippen LogP contribution >= 0.6 is 0 Å². The summed E-state index contributed by atoms with van der Waals surface area (Å²) in [5.41, 5.74) is 1.15. The number of benzene rings is 1. The number of aliphatic imine (C=N–C) groups is 1. The molecule has 2 N–H and O–H groups in total. The van der Waals surface area contributed by atoms with Crippen molar-refractivity contribution in [2.45, 2.75) is 39.2 Å². The van der Waals surface area contributed by atoms with Gasteiger partial charge in [-0.25, -0.2) is 0 Å². The maximum Gasteiger partial charge on any atom is 0.191 e. The average Bonchev–Trinajstić information content (AvgIpc) is 2.70. The van der Waals surface area contributed by atoms with Gasteiger partial charge in [-0.3, -0.25) is 9.89 Å². The Balaban J connectivity index is 1.96. The summed E-state index contributed by atoms with van der Waals surface area (Å²) in [7, 11) is 1.70. The predicted molar refractivity (Wildman–Crippen MR) is 112 cm³/mol. The summed E-state index contributed by atoms with van der Waals surface area (Å²) >= 11 is 0. The lowest BCUT2D eigenvalue weighted by Crippen LogP contribution is -2.49. The van der Waals surface area contributed by atoms with Gasteiger partial charge in [-0.15, -0.1) is 0 Å². The van der Waals surface area contributed by atoms with Gasteiger partial charge in [-0.2, -0.15) is 0 Å². The Bertz CT molecular complexity index is 598. The smallest absolute Gasteiger partial charge is 0.191 e. The monoisotopic (exact) mass is 376 g/mol. The molecule has 1 aliphatic heterocycles. The second-order valence-corrected chi connectivity index (χ2v) is 7.69. The molecule has 1 unspecified atom stereocenters. The van der Waals surface area contributed by atoms with Crippen LogP contribution in [0.1, 0.15) is 33.3 Å². The van der Waals surface area contributed by atoms with Crippen molar-refractivity contribution in [3.05, 3.63) is 29.8 Å². The quantitative estimate of drug-likeness (QED) is 0.538. The third kappa shape index (κ3) is 6.70. The van der Waals surface area contributed by atoms with Crippen LogP contribution in [0, 0.1) is 0 Å². The molecule has 1 aliphatic rings. The highest BCUT2D eigenvalue weighted by Gasteiger charge is 2.21. The molecule has 6 nitrogen and oxygen atoms in total. The van der Waals surface area contributed by atoms with Crippen LogP contribution in [-0.2, 0) is 10.2 Å². The Kier molecular flexibility index (Phi) is 8.38. The third-order valence-electron chi connectivity index (χ3n) is 5.06. The van der Waals surface area contributed by atoms with Crippen LogP contribution in [0.4, 0.5) is 0 Å². The van der Waals surface area contributed by atoms with E-state index in [0.29, 0.717) is 12.6 Å².